The predicted molar refractivity (Wildman–Crippen MR) is 106 cm³/mol. The summed E-state index contributed by atoms with van der Waals surface area (Å²) >= 11 is 0. The summed E-state index contributed by atoms with van der Waals surface area (Å²) in [5, 5.41) is 2.91. The van der Waals surface area contributed by atoms with Gasteiger partial charge in [0.1, 0.15) is 11.4 Å². The van der Waals surface area contributed by atoms with Crippen molar-refractivity contribution in [3.8, 4) is 0 Å². The van der Waals surface area contributed by atoms with Crippen molar-refractivity contribution in [2.75, 3.05) is 26.3 Å². The summed E-state index contributed by atoms with van der Waals surface area (Å²) in [4.78, 5) is 41.3. The van der Waals surface area contributed by atoms with Crippen LogP contribution in [0.15, 0.2) is 24.3 Å². The predicted octanol–water partition coefficient (Wildman–Crippen LogP) is 1.78. The minimum Gasteiger partial charge on any atom is -0.348 e. The number of imide groups is 1. The van der Waals surface area contributed by atoms with Gasteiger partial charge in [-0.3, -0.25) is 14.5 Å². The van der Waals surface area contributed by atoms with E-state index in [2.05, 4.69) is 5.32 Å². The Bertz CT molecular complexity index is 889. The fraction of sp³-hybridized carbons (Fsp3) is 0.591. The van der Waals surface area contributed by atoms with Gasteiger partial charge in [-0.05, 0) is 30.5 Å². The van der Waals surface area contributed by atoms with Crippen LogP contribution in [0.1, 0.15) is 37.7 Å². The molecule has 4 aliphatic rings. The number of carbonyl (C=O) groups excluding carboxylic acids is 3. The van der Waals surface area contributed by atoms with Crippen LogP contribution < -0.4 is 5.32 Å². The van der Waals surface area contributed by atoms with Crippen molar-refractivity contribution in [2.24, 2.45) is 5.92 Å². The Kier molecular flexibility index (Phi) is 4.97. The van der Waals surface area contributed by atoms with E-state index in [0.717, 1.165) is 5.56 Å². The third-order valence-corrected chi connectivity index (χ3v) is 6.95. The van der Waals surface area contributed by atoms with Gasteiger partial charge in [-0.25, -0.2) is 9.18 Å². The lowest BCUT2D eigenvalue weighted by molar-refractivity contribution is -0.186. The number of hydrogen-bond acceptors (Lipinski definition) is 5. The molecule has 4 fully saturated rings. The van der Waals surface area contributed by atoms with E-state index < -0.39 is 17.4 Å². The Morgan fingerprint density at radius 2 is 1.71 bits per heavy atom. The quantitative estimate of drug-likeness (QED) is 0.735. The Morgan fingerprint density at radius 3 is 2.39 bits per heavy atom. The molecule has 31 heavy (non-hydrogen) atoms. The van der Waals surface area contributed by atoms with E-state index in [9.17, 15) is 18.8 Å². The van der Waals surface area contributed by atoms with Crippen LogP contribution in [0.2, 0.25) is 0 Å². The van der Waals surface area contributed by atoms with Crippen LogP contribution in [0.25, 0.3) is 0 Å². The van der Waals surface area contributed by atoms with Crippen LogP contribution in [0.5, 0.6) is 0 Å². The van der Waals surface area contributed by atoms with E-state index in [1.54, 1.807) is 17.0 Å². The molecule has 8 nitrogen and oxygen atoms in total. The topological polar surface area (TPSA) is 88.2 Å². The van der Waals surface area contributed by atoms with E-state index in [1.807, 2.05) is 0 Å². The number of carbonyl (C=O) groups is 3. The molecular formula is C22H26FN3O5. The fourth-order valence-corrected chi connectivity index (χ4v) is 5.22. The molecule has 9 heteroatoms. The number of hydrogen-bond donors (Lipinski definition) is 1. The molecule has 3 aliphatic heterocycles. The second-order valence-corrected chi connectivity index (χ2v) is 9.01. The number of urea groups is 1. The fourth-order valence-electron chi connectivity index (χ4n) is 5.22. The van der Waals surface area contributed by atoms with Gasteiger partial charge in [0.2, 0.25) is 5.91 Å². The van der Waals surface area contributed by atoms with Gasteiger partial charge in [-0.2, -0.15) is 0 Å². The number of nitrogens with one attached hydrogen (secondary N) is 1. The normalized spacial score (nSPS) is 27.0. The van der Waals surface area contributed by atoms with Crippen molar-refractivity contribution in [2.45, 2.75) is 50.0 Å². The Hall–Kier alpha value is -2.52. The molecule has 1 N–H and O–H groups in total. The third-order valence-electron chi connectivity index (χ3n) is 6.95. The summed E-state index contributed by atoms with van der Waals surface area (Å²) < 4.78 is 24.6. The zero-order chi connectivity index (χ0) is 21.6. The van der Waals surface area contributed by atoms with Crippen LogP contribution >= 0.6 is 0 Å². The van der Waals surface area contributed by atoms with E-state index in [1.165, 1.54) is 17.0 Å². The Labute approximate surface area is 179 Å². The van der Waals surface area contributed by atoms with Crippen molar-refractivity contribution < 1.29 is 28.2 Å². The molecule has 2 spiro atoms. The van der Waals surface area contributed by atoms with E-state index in [0.29, 0.717) is 52.0 Å². The van der Waals surface area contributed by atoms with Crippen LogP contribution in [-0.4, -0.2) is 65.3 Å². The molecule has 4 amide bonds. The number of nitrogens with zero attached hydrogens (tertiary/aromatic N) is 2. The first kappa shape index (κ1) is 20.4. The second kappa shape index (κ2) is 7.56. The molecule has 1 unspecified atom stereocenters. The molecule has 5 rings (SSSR count). The summed E-state index contributed by atoms with van der Waals surface area (Å²) in [6.07, 6.45) is 2.39. The molecule has 0 bridgehead atoms. The van der Waals surface area contributed by atoms with Crippen LogP contribution in [-0.2, 0) is 25.6 Å². The molecule has 1 aromatic rings. The highest BCUT2D eigenvalue weighted by Crippen LogP contribution is 2.43. The third kappa shape index (κ3) is 3.70. The first-order valence-corrected chi connectivity index (χ1v) is 10.8. The standard InChI is InChI=1S/C22H26FN3O5/c23-17-3-1-15(2-4-17)12-25-13-16(11-18(25)27)14-26-19(28)21(24-20(26)29)5-7-22(8-6-21)30-9-10-31-22/h1-4,16H,5-14H2,(H,24,29). The van der Waals surface area contributed by atoms with E-state index in [4.69, 9.17) is 9.47 Å². The molecule has 0 radical (unpaired) electrons. The van der Waals surface area contributed by atoms with Gasteiger partial charge < -0.3 is 19.7 Å². The summed E-state index contributed by atoms with van der Waals surface area (Å²) in [6.45, 7) is 2.19. The minimum absolute atomic E-state index is 0.0220. The Morgan fingerprint density at radius 1 is 1.03 bits per heavy atom. The van der Waals surface area contributed by atoms with Gasteiger partial charge in [0, 0.05) is 44.8 Å². The van der Waals surface area contributed by atoms with Gasteiger partial charge in [-0.15, -0.1) is 0 Å². The number of amides is 4. The van der Waals surface area contributed by atoms with E-state index >= 15 is 0 Å². The lowest BCUT2D eigenvalue weighted by atomic mass is 9.78. The maximum atomic E-state index is 13.2. The lowest BCUT2D eigenvalue weighted by Gasteiger charge is -2.39. The number of benzene rings is 1. The van der Waals surface area contributed by atoms with Crippen molar-refractivity contribution in [3.05, 3.63) is 35.6 Å². The van der Waals surface area contributed by atoms with E-state index in [-0.39, 0.29) is 36.5 Å². The van der Waals surface area contributed by atoms with Gasteiger partial charge in [0.25, 0.3) is 5.91 Å². The van der Waals surface area contributed by atoms with Crippen molar-refractivity contribution in [1.82, 2.24) is 15.1 Å². The highest BCUT2D eigenvalue weighted by molar-refractivity contribution is 6.07. The molecule has 166 valence electrons. The molecule has 1 atom stereocenters. The first-order valence-electron chi connectivity index (χ1n) is 10.8. The zero-order valence-corrected chi connectivity index (χ0v) is 17.3. The zero-order valence-electron chi connectivity index (χ0n) is 17.3. The van der Waals surface area contributed by atoms with Crippen molar-refractivity contribution in [1.29, 1.82) is 0 Å². The molecule has 1 aromatic carbocycles. The molecule has 3 saturated heterocycles. The number of likely N-dealkylation sites (tertiary alicyclic amines) is 1. The number of rotatable bonds is 4. The Balaban J connectivity index is 1.20. The van der Waals surface area contributed by atoms with Crippen LogP contribution in [0.4, 0.5) is 9.18 Å². The highest BCUT2D eigenvalue weighted by Gasteiger charge is 2.56. The maximum Gasteiger partial charge on any atom is 0.325 e. The van der Waals surface area contributed by atoms with Crippen molar-refractivity contribution >= 4 is 17.8 Å². The lowest BCUT2D eigenvalue weighted by Crippen LogP contribution is -2.53. The maximum absolute atomic E-state index is 13.2. The van der Waals surface area contributed by atoms with Gasteiger partial charge >= 0.3 is 6.03 Å². The average molecular weight is 431 g/mol. The SMILES string of the molecule is O=C1CC(CN2C(=O)NC3(CCC4(CC3)OCCO4)C2=O)CN1Cc1ccc(F)cc1. The number of ether oxygens (including phenoxy) is 2. The summed E-state index contributed by atoms with van der Waals surface area (Å²) in [5.41, 5.74) is -0.0505. The average Bonchev–Trinajstić information content (AvgIpc) is 3.41. The smallest absolute Gasteiger partial charge is 0.325 e. The second-order valence-electron chi connectivity index (χ2n) is 9.01. The van der Waals surface area contributed by atoms with Gasteiger partial charge in [-0.1, -0.05) is 12.1 Å². The van der Waals surface area contributed by atoms with Crippen LogP contribution in [0, 0.1) is 11.7 Å². The molecular weight excluding hydrogens is 405 g/mol. The van der Waals surface area contributed by atoms with Gasteiger partial charge in [0.05, 0.1) is 13.2 Å². The molecule has 1 aliphatic carbocycles. The number of halogens is 1. The largest absolute Gasteiger partial charge is 0.348 e. The first-order chi connectivity index (χ1) is 14.9. The highest BCUT2D eigenvalue weighted by atomic mass is 19.1. The minimum atomic E-state index is -0.895. The summed E-state index contributed by atoms with van der Waals surface area (Å²) in [5.74, 6) is -1.28. The van der Waals surface area contributed by atoms with Gasteiger partial charge in [0.15, 0.2) is 5.79 Å². The summed E-state index contributed by atoms with van der Waals surface area (Å²) in [7, 11) is 0. The molecule has 3 heterocycles. The summed E-state index contributed by atoms with van der Waals surface area (Å²) in [6, 6.07) is 5.67. The molecule has 1 saturated carbocycles. The van der Waals surface area contributed by atoms with Crippen molar-refractivity contribution in [3.63, 3.8) is 0 Å². The molecule has 0 aromatic heterocycles. The monoisotopic (exact) mass is 431 g/mol. The van der Waals surface area contributed by atoms with Crippen LogP contribution in [0.3, 0.4) is 0 Å².